The van der Waals surface area contributed by atoms with Gasteiger partial charge in [0.1, 0.15) is 0 Å². The number of rotatable bonds is 3. The Kier molecular flexibility index (Phi) is 6.22. The zero-order valence-electron chi connectivity index (χ0n) is 23.6. The Morgan fingerprint density at radius 1 is 0.568 bits per heavy atom. The fourth-order valence-corrected chi connectivity index (χ4v) is 6.84. The first-order valence-electron chi connectivity index (χ1n) is 13.5. The Morgan fingerprint density at radius 2 is 1.11 bits per heavy atom. The molecule has 0 aromatic heterocycles. The molecule has 0 radical (unpaired) electrons. The average molecular weight is 533 g/mol. The lowest BCUT2D eigenvalue weighted by Crippen LogP contribution is -2.34. The molecule has 0 N–H and O–H groups in total. The fourth-order valence-electron chi connectivity index (χ4n) is 6.32. The molecule has 0 fully saturated rings. The first kappa shape index (κ1) is 26.5. The summed E-state index contributed by atoms with van der Waals surface area (Å²) in [5.74, 6) is 0. The van der Waals surface area contributed by atoms with Gasteiger partial charge in [-0.3, -0.25) is 0 Å². The van der Waals surface area contributed by atoms with Crippen molar-refractivity contribution in [3.63, 3.8) is 0 Å². The first-order valence-corrected chi connectivity index (χ1v) is 14.3. The van der Waals surface area contributed by atoms with Crippen molar-refractivity contribution in [2.75, 3.05) is 4.90 Å². The minimum atomic E-state index is 0.0741. The molecule has 1 nitrogen and oxygen atoms in total. The molecule has 3 aromatic carbocycles. The van der Waals surface area contributed by atoms with Crippen LogP contribution in [0.1, 0.15) is 103 Å². The van der Waals surface area contributed by atoms with Crippen molar-refractivity contribution in [3.8, 4) is 0 Å². The second kappa shape index (κ2) is 8.69. The quantitative estimate of drug-likeness (QED) is 0.324. The second-order valence-corrected chi connectivity index (χ2v) is 14.7. The highest BCUT2D eigenvalue weighted by molar-refractivity contribution is 6.35. The number of nitrogens with zero attached hydrogens (tertiary/aromatic N) is 1. The summed E-state index contributed by atoms with van der Waals surface area (Å²) >= 11 is 13.1. The van der Waals surface area contributed by atoms with Gasteiger partial charge < -0.3 is 4.90 Å². The molecule has 2 aliphatic rings. The fraction of sp³-hybridized carbons (Fsp3) is 0.471. The van der Waals surface area contributed by atoms with Crippen LogP contribution in [0, 0.1) is 12.1 Å². The van der Waals surface area contributed by atoms with Crippen molar-refractivity contribution < 1.29 is 0 Å². The van der Waals surface area contributed by atoms with Crippen LogP contribution in [0.15, 0.2) is 42.5 Å². The van der Waals surface area contributed by atoms with Gasteiger partial charge in [0.15, 0.2) is 0 Å². The zero-order chi connectivity index (χ0) is 27.0. The molecule has 0 spiro atoms. The van der Waals surface area contributed by atoms with E-state index in [9.17, 15) is 0 Å². The highest BCUT2D eigenvalue weighted by Crippen LogP contribution is 2.50. The summed E-state index contributed by atoms with van der Waals surface area (Å²) in [6.45, 7) is 18.8. The summed E-state index contributed by atoms with van der Waals surface area (Å²) in [6, 6.07) is 22.2. The van der Waals surface area contributed by atoms with Gasteiger partial charge >= 0.3 is 0 Å². The van der Waals surface area contributed by atoms with Gasteiger partial charge in [-0.1, -0.05) is 90.7 Å². The van der Waals surface area contributed by atoms with Gasteiger partial charge in [-0.25, -0.2) is 0 Å². The van der Waals surface area contributed by atoms with Crippen LogP contribution in [0.2, 0.25) is 10.0 Å². The van der Waals surface area contributed by atoms with Gasteiger partial charge in [-0.05, 0) is 106 Å². The number of fused-ring (bicyclic) bond motifs is 2. The van der Waals surface area contributed by atoms with E-state index >= 15 is 0 Å². The number of anilines is 3. The van der Waals surface area contributed by atoms with Gasteiger partial charge in [0.05, 0.1) is 5.69 Å². The number of halogens is 2. The number of hydrogen-bond acceptors (Lipinski definition) is 1. The van der Waals surface area contributed by atoms with E-state index in [1.807, 2.05) is 12.1 Å². The van der Waals surface area contributed by atoms with Gasteiger partial charge in [0, 0.05) is 27.0 Å². The van der Waals surface area contributed by atoms with E-state index in [0.717, 1.165) is 29.9 Å². The van der Waals surface area contributed by atoms with Crippen LogP contribution in [-0.4, -0.2) is 0 Å². The molecule has 0 unspecified atom stereocenters. The maximum Gasteiger partial charge on any atom is 0.0976 e. The minimum absolute atomic E-state index is 0.0741. The SMILES string of the molecule is CC1(C)CCC(C)(C)c2cc(N(c3cc(Cl)cc(Cl)c3)c3ccc4c(c3)C(C)(C)CCC4(C)C)c#cc21. The van der Waals surface area contributed by atoms with Gasteiger partial charge in [0.25, 0.3) is 0 Å². The molecule has 0 saturated carbocycles. The van der Waals surface area contributed by atoms with E-state index in [-0.39, 0.29) is 21.7 Å². The van der Waals surface area contributed by atoms with E-state index in [4.69, 9.17) is 23.2 Å². The van der Waals surface area contributed by atoms with E-state index in [1.165, 1.54) is 35.1 Å². The predicted octanol–water partition coefficient (Wildman–Crippen LogP) is 10.8. The normalized spacial score (nSPS) is 20.4. The third kappa shape index (κ3) is 4.66. The topological polar surface area (TPSA) is 3.24 Å². The van der Waals surface area contributed by atoms with Crippen LogP contribution in [0.25, 0.3) is 0 Å². The molecule has 0 bridgehead atoms. The lowest BCUT2D eigenvalue weighted by Gasteiger charge is -2.43. The van der Waals surface area contributed by atoms with Crippen molar-refractivity contribution in [2.24, 2.45) is 0 Å². The summed E-state index contributed by atoms with van der Waals surface area (Å²) in [4.78, 5) is 2.25. The summed E-state index contributed by atoms with van der Waals surface area (Å²) in [7, 11) is 0. The molecular formula is C34H39Cl2N. The third-order valence-corrected chi connectivity index (χ3v) is 9.52. The third-order valence-electron chi connectivity index (χ3n) is 9.09. The largest absolute Gasteiger partial charge is 0.303 e. The van der Waals surface area contributed by atoms with E-state index in [2.05, 4.69) is 96.7 Å². The van der Waals surface area contributed by atoms with Crippen LogP contribution in [0.4, 0.5) is 17.1 Å². The molecular weight excluding hydrogens is 493 g/mol. The van der Waals surface area contributed by atoms with Crippen molar-refractivity contribution in [1.29, 1.82) is 0 Å². The van der Waals surface area contributed by atoms with Crippen LogP contribution in [0.3, 0.4) is 0 Å². The Bertz CT molecular complexity index is 1260. The predicted molar refractivity (Wildman–Crippen MR) is 159 cm³/mol. The summed E-state index contributed by atoms with van der Waals surface area (Å²) < 4.78 is 0. The maximum absolute atomic E-state index is 6.54. The van der Waals surface area contributed by atoms with Crippen molar-refractivity contribution in [1.82, 2.24) is 0 Å². The number of hydrogen-bond donors (Lipinski definition) is 0. The molecule has 3 aromatic rings. The first-order chi connectivity index (χ1) is 17.1. The Hall–Kier alpha value is -2.14. The van der Waals surface area contributed by atoms with Crippen LogP contribution in [0.5, 0.6) is 0 Å². The molecule has 0 atom stereocenters. The van der Waals surface area contributed by atoms with Crippen molar-refractivity contribution >= 4 is 40.3 Å². The Labute approximate surface area is 234 Å². The Morgan fingerprint density at radius 3 is 1.73 bits per heavy atom. The highest BCUT2D eigenvalue weighted by Gasteiger charge is 2.39. The average Bonchev–Trinajstić information content (AvgIpc) is 2.80. The lowest BCUT2D eigenvalue weighted by atomic mass is 9.63. The van der Waals surface area contributed by atoms with Gasteiger partial charge in [-0.15, -0.1) is 0 Å². The van der Waals surface area contributed by atoms with Crippen LogP contribution in [-0.2, 0) is 21.7 Å². The van der Waals surface area contributed by atoms with Crippen molar-refractivity contribution in [2.45, 2.75) is 103 Å². The van der Waals surface area contributed by atoms with E-state index in [0.29, 0.717) is 10.0 Å². The lowest BCUT2D eigenvalue weighted by molar-refractivity contribution is 0.332. The summed E-state index contributed by atoms with van der Waals surface area (Å²) in [6.07, 6.45) is 4.66. The molecule has 5 rings (SSSR count). The van der Waals surface area contributed by atoms with Crippen molar-refractivity contribution in [3.05, 3.63) is 86.9 Å². The van der Waals surface area contributed by atoms with Gasteiger partial charge in [-0.2, -0.15) is 0 Å². The number of benzene rings is 2. The second-order valence-electron chi connectivity index (χ2n) is 13.8. The molecule has 3 heteroatoms. The molecule has 194 valence electrons. The minimum Gasteiger partial charge on any atom is -0.303 e. The highest BCUT2D eigenvalue weighted by atomic mass is 35.5. The standard InChI is InChI=1S/C34H39Cl2N/c1-31(2)13-15-33(5,6)29-20-24(9-11-27(29)31)37(26-18-22(35)17-23(36)19-26)25-10-12-28-30(21-25)34(7,8)16-14-32(28,3)4/h9,11,17-21H,13-16H2,1-8H3. The monoisotopic (exact) mass is 531 g/mol. The van der Waals surface area contributed by atoms with E-state index in [1.54, 1.807) is 6.07 Å². The maximum atomic E-state index is 6.54. The van der Waals surface area contributed by atoms with Gasteiger partial charge in [0.2, 0.25) is 0 Å². The molecule has 0 heterocycles. The van der Waals surface area contributed by atoms with Crippen LogP contribution >= 0.6 is 23.2 Å². The smallest absolute Gasteiger partial charge is 0.0976 e. The zero-order valence-corrected chi connectivity index (χ0v) is 25.1. The molecule has 37 heavy (non-hydrogen) atoms. The summed E-state index contributed by atoms with van der Waals surface area (Å²) in [5, 5.41) is 1.24. The molecule has 2 aliphatic carbocycles. The molecule has 0 aliphatic heterocycles. The summed E-state index contributed by atoms with van der Waals surface area (Å²) in [5.41, 5.74) is 8.93. The van der Waals surface area contributed by atoms with Crippen LogP contribution < -0.4 is 4.90 Å². The molecule has 0 saturated heterocycles. The Balaban J connectivity index is 1.75. The molecule has 0 amide bonds. The van der Waals surface area contributed by atoms with E-state index < -0.39 is 0 Å².